The molecule has 5 heteroatoms. The van der Waals surface area contributed by atoms with Crippen LogP contribution in [0.15, 0.2) is 65.7 Å². The van der Waals surface area contributed by atoms with Gasteiger partial charge in [-0.2, -0.15) is 5.10 Å². The largest absolute Gasteiger partial charge is 0.378 e. The van der Waals surface area contributed by atoms with Gasteiger partial charge in [-0.05, 0) is 24.3 Å². The fourth-order valence-corrected chi connectivity index (χ4v) is 2.07. The zero-order valence-electron chi connectivity index (χ0n) is 11.7. The van der Waals surface area contributed by atoms with E-state index in [1.165, 1.54) is 0 Å². The molecule has 0 aliphatic heterocycles. The first-order valence-electron chi connectivity index (χ1n) is 6.73. The van der Waals surface area contributed by atoms with E-state index in [0.29, 0.717) is 6.54 Å². The van der Waals surface area contributed by atoms with Crippen LogP contribution < -0.4 is 10.9 Å². The molecule has 0 fully saturated rings. The van der Waals surface area contributed by atoms with E-state index >= 15 is 0 Å². The van der Waals surface area contributed by atoms with Crippen LogP contribution in [0.4, 0.5) is 5.69 Å². The van der Waals surface area contributed by atoms with Crippen LogP contribution in [0.25, 0.3) is 5.69 Å². The van der Waals surface area contributed by atoms with Gasteiger partial charge in [0.15, 0.2) is 0 Å². The van der Waals surface area contributed by atoms with Crippen molar-refractivity contribution in [2.45, 2.75) is 6.54 Å². The summed E-state index contributed by atoms with van der Waals surface area (Å²) in [6, 6.07) is 15.3. The average Bonchev–Trinajstić information content (AvgIpc) is 2.98. The maximum absolute atomic E-state index is 11.3. The van der Waals surface area contributed by atoms with E-state index in [0.717, 1.165) is 17.1 Å². The van der Waals surface area contributed by atoms with E-state index in [1.54, 1.807) is 29.9 Å². The zero-order valence-corrected chi connectivity index (χ0v) is 11.7. The number of anilines is 1. The van der Waals surface area contributed by atoms with Crippen LogP contribution in [0.3, 0.4) is 0 Å². The lowest BCUT2D eigenvalue weighted by molar-refractivity contribution is 0.838. The number of pyridine rings is 1. The molecule has 5 nitrogen and oxygen atoms in total. The van der Waals surface area contributed by atoms with Crippen LogP contribution in [-0.4, -0.2) is 14.3 Å². The minimum atomic E-state index is -0.0195. The molecule has 106 valence electrons. The molecule has 0 bridgehead atoms. The SMILES string of the molecule is Cn1cc(NCc2ccn(-c3ccccc3)n2)ccc1=O. The molecule has 0 saturated carbocycles. The zero-order chi connectivity index (χ0) is 14.7. The van der Waals surface area contributed by atoms with Gasteiger partial charge in [0, 0.05) is 25.5 Å². The van der Waals surface area contributed by atoms with E-state index in [1.807, 2.05) is 47.3 Å². The second kappa shape index (κ2) is 5.66. The lowest BCUT2D eigenvalue weighted by Gasteiger charge is -2.06. The van der Waals surface area contributed by atoms with Crippen LogP contribution >= 0.6 is 0 Å². The van der Waals surface area contributed by atoms with Crippen molar-refractivity contribution in [2.24, 2.45) is 7.05 Å². The number of hydrogen-bond donors (Lipinski definition) is 1. The number of para-hydroxylation sites is 1. The van der Waals surface area contributed by atoms with Crippen LogP contribution in [-0.2, 0) is 13.6 Å². The molecule has 0 atom stereocenters. The highest BCUT2D eigenvalue weighted by Gasteiger charge is 2.01. The maximum Gasteiger partial charge on any atom is 0.250 e. The second-order valence-corrected chi connectivity index (χ2v) is 4.81. The van der Waals surface area contributed by atoms with E-state index in [2.05, 4.69) is 10.4 Å². The summed E-state index contributed by atoms with van der Waals surface area (Å²) in [4.78, 5) is 11.3. The highest BCUT2D eigenvalue weighted by atomic mass is 16.1. The Kier molecular flexibility index (Phi) is 3.55. The first-order chi connectivity index (χ1) is 10.2. The summed E-state index contributed by atoms with van der Waals surface area (Å²) >= 11 is 0. The highest BCUT2D eigenvalue weighted by molar-refractivity contribution is 5.40. The normalized spacial score (nSPS) is 10.5. The summed E-state index contributed by atoms with van der Waals surface area (Å²) in [6.45, 7) is 0.609. The molecule has 0 spiro atoms. The average molecular weight is 280 g/mol. The summed E-state index contributed by atoms with van der Waals surface area (Å²) in [6.07, 6.45) is 3.71. The van der Waals surface area contributed by atoms with Crippen molar-refractivity contribution in [3.63, 3.8) is 0 Å². The Morgan fingerprint density at radius 3 is 2.67 bits per heavy atom. The van der Waals surface area contributed by atoms with E-state index in [-0.39, 0.29) is 5.56 Å². The molecule has 2 heterocycles. The van der Waals surface area contributed by atoms with Crippen molar-refractivity contribution < 1.29 is 0 Å². The van der Waals surface area contributed by atoms with Crippen LogP contribution in [0.5, 0.6) is 0 Å². The molecule has 1 aromatic carbocycles. The van der Waals surface area contributed by atoms with Crippen molar-refractivity contribution in [3.8, 4) is 5.69 Å². The van der Waals surface area contributed by atoms with E-state index in [4.69, 9.17) is 0 Å². The Hall–Kier alpha value is -2.82. The number of aryl methyl sites for hydroxylation is 1. The third kappa shape index (κ3) is 3.02. The fraction of sp³-hybridized carbons (Fsp3) is 0.125. The van der Waals surface area contributed by atoms with Gasteiger partial charge >= 0.3 is 0 Å². The fourth-order valence-electron chi connectivity index (χ4n) is 2.07. The molecule has 0 radical (unpaired) electrons. The smallest absolute Gasteiger partial charge is 0.250 e. The predicted octanol–water partition coefficient (Wildman–Crippen LogP) is 2.18. The van der Waals surface area contributed by atoms with Gasteiger partial charge in [0.05, 0.1) is 23.6 Å². The van der Waals surface area contributed by atoms with Crippen molar-refractivity contribution in [1.29, 1.82) is 0 Å². The topological polar surface area (TPSA) is 51.9 Å². The number of aromatic nitrogens is 3. The minimum Gasteiger partial charge on any atom is -0.378 e. The Labute approximate surface area is 122 Å². The molecular weight excluding hydrogens is 264 g/mol. The second-order valence-electron chi connectivity index (χ2n) is 4.81. The van der Waals surface area contributed by atoms with Gasteiger partial charge < -0.3 is 9.88 Å². The summed E-state index contributed by atoms with van der Waals surface area (Å²) in [5.74, 6) is 0. The summed E-state index contributed by atoms with van der Waals surface area (Å²) in [5, 5.41) is 7.78. The van der Waals surface area contributed by atoms with Crippen LogP contribution in [0.2, 0.25) is 0 Å². The van der Waals surface area contributed by atoms with Crippen LogP contribution in [0, 0.1) is 0 Å². The van der Waals surface area contributed by atoms with E-state index in [9.17, 15) is 4.79 Å². The third-order valence-corrected chi connectivity index (χ3v) is 3.22. The molecule has 3 aromatic rings. The third-order valence-electron chi connectivity index (χ3n) is 3.22. The molecule has 0 saturated heterocycles. The highest BCUT2D eigenvalue weighted by Crippen LogP contribution is 2.09. The maximum atomic E-state index is 11.3. The summed E-state index contributed by atoms with van der Waals surface area (Å²) in [5.41, 5.74) is 2.85. The van der Waals surface area contributed by atoms with E-state index < -0.39 is 0 Å². The minimum absolute atomic E-state index is 0.0195. The molecule has 21 heavy (non-hydrogen) atoms. The molecule has 0 aliphatic carbocycles. The molecule has 0 unspecified atom stereocenters. The van der Waals surface area contributed by atoms with Gasteiger partial charge in [-0.3, -0.25) is 4.79 Å². The lowest BCUT2D eigenvalue weighted by Crippen LogP contribution is -2.15. The van der Waals surface area contributed by atoms with Gasteiger partial charge in [0.25, 0.3) is 0 Å². The number of nitrogens with zero attached hydrogens (tertiary/aromatic N) is 3. The van der Waals surface area contributed by atoms with Crippen molar-refractivity contribution >= 4 is 5.69 Å². The van der Waals surface area contributed by atoms with Crippen LogP contribution in [0.1, 0.15) is 5.69 Å². The molecule has 2 aromatic heterocycles. The molecule has 0 amide bonds. The van der Waals surface area contributed by atoms with Gasteiger partial charge in [-0.15, -0.1) is 0 Å². The first-order valence-corrected chi connectivity index (χ1v) is 6.73. The Morgan fingerprint density at radius 1 is 1.10 bits per heavy atom. The lowest BCUT2D eigenvalue weighted by atomic mass is 10.3. The monoisotopic (exact) mass is 280 g/mol. The molecule has 0 aliphatic rings. The number of hydrogen-bond acceptors (Lipinski definition) is 3. The Balaban J connectivity index is 1.70. The Bertz CT molecular complexity index is 789. The van der Waals surface area contributed by atoms with Crippen molar-refractivity contribution in [1.82, 2.24) is 14.3 Å². The number of rotatable bonds is 4. The standard InChI is InChI=1S/C16H16N4O/c1-19-12-14(7-8-16(19)21)17-11-13-9-10-20(18-13)15-5-3-2-4-6-15/h2-10,12,17H,11H2,1H3. The first kappa shape index (κ1) is 13.2. The molecule has 1 N–H and O–H groups in total. The molecule has 3 rings (SSSR count). The van der Waals surface area contributed by atoms with Crippen molar-refractivity contribution in [3.05, 3.63) is 77.0 Å². The molecular formula is C16H16N4O. The van der Waals surface area contributed by atoms with Gasteiger partial charge in [-0.25, -0.2) is 4.68 Å². The summed E-state index contributed by atoms with van der Waals surface area (Å²) in [7, 11) is 1.73. The predicted molar refractivity (Wildman–Crippen MR) is 82.6 cm³/mol. The van der Waals surface area contributed by atoms with Crippen molar-refractivity contribution in [2.75, 3.05) is 5.32 Å². The summed E-state index contributed by atoms with van der Waals surface area (Å²) < 4.78 is 3.39. The quantitative estimate of drug-likeness (QED) is 0.797. The number of nitrogens with one attached hydrogen (secondary N) is 1. The van der Waals surface area contributed by atoms with Gasteiger partial charge in [0.1, 0.15) is 0 Å². The Morgan fingerprint density at radius 2 is 1.90 bits per heavy atom. The van der Waals surface area contributed by atoms with Gasteiger partial charge in [-0.1, -0.05) is 18.2 Å². The van der Waals surface area contributed by atoms with Gasteiger partial charge in [0.2, 0.25) is 5.56 Å². The number of benzene rings is 1.